The van der Waals surface area contributed by atoms with Crippen LogP contribution in [0.1, 0.15) is 0 Å². The summed E-state index contributed by atoms with van der Waals surface area (Å²) in [4.78, 5) is 2.55. The standard InChI is InChI=1S/C12H30N4S3/c13-1-7-17-10-4-16(5-11-18-8-2-14)6-12-19-9-3-15/h1-15H2. The van der Waals surface area contributed by atoms with Gasteiger partial charge in [0.05, 0.1) is 0 Å². The summed E-state index contributed by atoms with van der Waals surface area (Å²) in [5.74, 6) is 6.74. The lowest BCUT2D eigenvalue weighted by Gasteiger charge is -2.21. The molecule has 116 valence electrons. The first-order valence-corrected chi connectivity index (χ1v) is 10.4. The van der Waals surface area contributed by atoms with E-state index in [0.29, 0.717) is 0 Å². The molecule has 0 aliphatic rings. The van der Waals surface area contributed by atoms with E-state index in [1.165, 1.54) is 17.3 Å². The molecule has 0 aromatic carbocycles. The highest BCUT2D eigenvalue weighted by Gasteiger charge is 2.04. The van der Waals surface area contributed by atoms with Crippen molar-refractivity contribution < 1.29 is 0 Å². The highest BCUT2D eigenvalue weighted by atomic mass is 32.2. The summed E-state index contributed by atoms with van der Waals surface area (Å²) in [6.45, 7) is 5.83. The van der Waals surface area contributed by atoms with Gasteiger partial charge in [-0.05, 0) is 0 Å². The summed E-state index contributed by atoms with van der Waals surface area (Å²) >= 11 is 5.85. The molecule has 0 rings (SSSR count). The van der Waals surface area contributed by atoms with Crippen LogP contribution in [0.15, 0.2) is 0 Å². The van der Waals surface area contributed by atoms with Gasteiger partial charge < -0.3 is 22.1 Å². The van der Waals surface area contributed by atoms with E-state index in [4.69, 9.17) is 17.2 Å². The lowest BCUT2D eigenvalue weighted by atomic mass is 10.5. The monoisotopic (exact) mass is 326 g/mol. The van der Waals surface area contributed by atoms with Crippen LogP contribution in [0.4, 0.5) is 0 Å². The lowest BCUT2D eigenvalue weighted by Crippen LogP contribution is -2.31. The van der Waals surface area contributed by atoms with Crippen LogP contribution in [0.25, 0.3) is 0 Å². The van der Waals surface area contributed by atoms with Crippen molar-refractivity contribution in [1.29, 1.82) is 0 Å². The van der Waals surface area contributed by atoms with Crippen LogP contribution in [-0.2, 0) is 0 Å². The molecule has 0 fully saturated rings. The Morgan fingerprint density at radius 1 is 0.526 bits per heavy atom. The van der Waals surface area contributed by atoms with Gasteiger partial charge in [0.2, 0.25) is 0 Å². The molecule has 0 unspecified atom stereocenters. The van der Waals surface area contributed by atoms with Gasteiger partial charge in [-0.25, -0.2) is 0 Å². The molecule has 0 amide bonds. The summed E-state index contributed by atoms with van der Waals surface area (Å²) in [7, 11) is 0. The number of thioether (sulfide) groups is 3. The first-order chi connectivity index (χ1) is 9.35. The van der Waals surface area contributed by atoms with Gasteiger partial charge in [-0.15, -0.1) is 0 Å². The molecular weight excluding hydrogens is 296 g/mol. The Hall–Kier alpha value is 0.890. The number of nitrogens with two attached hydrogens (primary N) is 3. The fraction of sp³-hybridized carbons (Fsp3) is 1.00. The number of hydrogen-bond donors (Lipinski definition) is 3. The van der Waals surface area contributed by atoms with Crippen LogP contribution in [-0.4, -0.2) is 78.7 Å². The van der Waals surface area contributed by atoms with Gasteiger partial charge in [0, 0.05) is 73.8 Å². The molecule has 0 saturated heterocycles. The Balaban J connectivity index is 3.66. The zero-order chi connectivity index (χ0) is 14.2. The Bertz CT molecular complexity index is 147. The second-order valence-electron chi connectivity index (χ2n) is 4.04. The normalized spacial score (nSPS) is 11.4. The second kappa shape index (κ2) is 16.9. The van der Waals surface area contributed by atoms with E-state index in [2.05, 4.69) is 4.90 Å². The van der Waals surface area contributed by atoms with Gasteiger partial charge in [-0.1, -0.05) is 0 Å². The van der Waals surface area contributed by atoms with Gasteiger partial charge in [0.15, 0.2) is 0 Å². The highest BCUT2D eigenvalue weighted by molar-refractivity contribution is 7.99. The molecule has 0 heterocycles. The average molecular weight is 327 g/mol. The maximum atomic E-state index is 5.51. The van der Waals surface area contributed by atoms with Gasteiger partial charge in [-0.3, -0.25) is 0 Å². The molecule has 0 bridgehead atoms. The van der Waals surface area contributed by atoms with Crippen molar-refractivity contribution in [3.63, 3.8) is 0 Å². The molecule has 19 heavy (non-hydrogen) atoms. The smallest absolute Gasteiger partial charge is 0.00730 e. The Morgan fingerprint density at radius 2 is 0.842 bits per heavy atom. The Kier molecular flexibility index (Phi) is 17.7. The summed E-state index contributed by atoms with van der Waals surface area (Å²) in [6, 6.07) is 0. The molecule has 0 aliphatic heterocycles. The molecule has 4 nitrogen and oxygen atoms in total. The fourth-order valence-corrected chi connectivity index (χ4v) is 3.75. The van der Waals surface area contributed by atoms with Crippen molar-refractivity contribution in [3.05, 3.63) is 0 Å². The topological polar surface area (TPSA) is 81.3 Å². The van der Waals surface area contributed by atoms with E-state index in [0.717, 1.165) is 56.5 Å². The maximum Gasteiger partial charge on any atom is 0.00730 e. The molecule has 0 aromatic heterocycles. The van der Waals surface area contributed by atoms with Gasteiger partial charge in [-0.2, -0.15) is 35.3 Å². The number of rotatable bonds is 15. The third-order valence-corrected chi connectivity index (χ3v) is 5.43. The van der Waals surface area contributed by atoms with Gasteiger partial charge in [0.1, 0.15) is 0 Å². The quantitative estimate of drug-likeness (QED) is 0.375. The summed E-state index contributed by atoms with van der Waals surface area (Å²) in [6.07, 6.45) is 0. The van der Waals surface area contributed by atoms with E-state index >= 15 is 0 Å². The molecule has 0 atom stereocenters. The van der Waals surface area contributed by atoms with Crippen molar-refractivity contribution in [3.8, 4) is 0 Å². The SMILES string of the molecule is NCCSCCN(CCSCCN)CCSCCN. The molecular formula is C12H30N4S3. The predicted molar refractivity (Wildman–Crippen MR) is 95.6 cm³/mol. The van der Waals surface area contributed by atoms with Crippen molar-refractivity contribution in [2.75, 3.05) is 73.8 Å². The zero-order valence-corrected chi connectivity index (χ0v) is 14.3. The van der Waals surface area contributed by atoms with Gasteiger partial charge >= 0.3 is 0 Å². The first-order valence-electron chi connectivity index (χ1n) is 6.91. The molecule has 0 saturated carbocycles. The fourth-order valence-electron chi connectivity index (χ4n) is 1.47. The van der Waals surface area contributed by atoms with E-state index in [1.807, 2.05) is 35.3 Å². The van der Waals surface area contributed by atoms with Crippen LogP contribution >= 0.6 is 35.3 Å². The van der Waals surface area contributed by atoms with E-state index < -0.39 is 0 Å². The molecule has 0 radical (unpaired) electrons. The van der Waals surface area contributed by atoms with Crippen molar-refractivity contribution >= 4 is 35.3 Å². The number of hydrogen-bond acceptors (Lipinski definition) is 7. The van der Waals surface area contributed by atoms with Crippen LogP contribution < -0.4 is 17.2 Å². The maximum absolute atomic E-state index is 5.51. The zero-order valence-electron chi connectivity index (χ0n) is 11.9. The second-order valence-corrected chi connectivity index (χ2v) is 7.72. The highest BCUT2D eigenvalue weighted by Crippen LogP contribution is 2.06. The first kappa shape index (κ1) is 19.9. The molecule has 7 heteroatoms. The van der Waals surface area contributed by atoms with Crippen LogP contribution in [0.2, 0.25) is 0 Å². The summed E-state index contributed by atoms with van der Waals surface area (Å²) in [5, 5.41) is 0. The van der Waals surface area contributed by atoms with E-state index in [9.17, 15) is 0 Å². The minimum Gasteiger partial charge on any atom is -0.330 e. The Labute approximate surface area is 131 Å². The predicted octanol–water partition coefficient (Wildman–Crippen LogP) is 0.364. The minimum absolute atomic E-state index is 0.781. The molecule has 0 spiro atoms. The average Bonchev–Trinajstić information content (AvgIpc) is 2.43. The molecule has 0 aromatic rings. The molecule has 6 N–H and O–H groups in total. The Morgan fingerprint density at radius 3 is 1.11 bits per heavy atom. The largest absolute Gasteiger partial charge is 0.330 e. The van der Waals surface area contributed by atoms with Crippen molar-refractivity contribution in [2.24, 2.45) is 17.2 Å². The van der Waals surface area contributed by atoms with E-state index in [-0.39, 0.29) is 0 Å². The summed E-state index contributed by atoms with van der Waals surface area (Å²) < 4.78 is 0. The molecule has 0 aliphatic carbocycles. The lowest BCUT2D eigenvalue weighted by molar-refractivity contribution is 0.329. The summed E-state index contributed by atoms with van der Waals surface area (Å²) in [5.41, 5.74) is 16.5. The third kappa shape index (κ3) is 15.1. The number of nitrogens with zero attached hydrogens (tertiary/aromatic N) is 1. The minimum atomic E-state index is 0.781. The van der Waals surface area contributed by atoms with Crippen molar-refractivity contribution in [1.82, 2.24) is 4.90 Å². The van der Waals surface area contributed by atoms with Gasteiger partial charge in [0.25, 0.3) is 0 Å². The van der Waals surface area contributed by atoms with Crippen LogP contribution in [0.5, 0.6) is 0 Å². The van der Waals surface area contributed by atoms with E-state index in [1.54, 1.807) is 0 Å². The third-order valence-electron chi connectivity index (χ3n) is 2.44. The van der Waals surface area contributed by atoms with Crippen molar-refractivity contribution in [2.45, 2.75) is 0 Å². The van der Waals surface area contributed by atoms with Crippen LogP contribution in [0.3, 0.4) is 0 Å². The van der Waals surface area contributed by atoms with Crippen LogP contribution in [0, 0.1) is 0 Å².